The van der Waals surface area contributed by atoms with E-state index in [0.29, 0.717) is 48.7 Å². The van der Waals surface area contributed by atoms with Gasteiger partial charge in [-0.2, -0.15) is 4.98 Å². The van der Waals surface area contributed by atoms with Crippen molar-refractivity contribution in [2.45, 2.75) is 63.9 Å². The van der Waals surface area contributed by atoms with Gasteiger partial charge in [-0.3, -0.25) is 0 Å². The summed E-state index contributed by atoms with van der Waals surface area (Å²) in [5.74, 6) is 0.401. The second-order valence-corrected chi connectivity index (χ2v) is 13.1. The Labute approximate surface area is 258 Å². The second-order valence-electron chi connectivity index (χ2n) is 12.7. The lowest BCUT2D eigenvalue weighted by molar-refractivity contribution is 0.0240. The van der Waals surface area contributed by atoms with Crippen LogP contribution in [0.25, 0.3) is 28.0 Å². The van der Waals surface area contributed by atoms with Gasteiger partial charge in [-0.15, -0.1) is 0 Å². The molecule has 2 saturated carbocycles. The summed E-state index contributed by atoms with van der Waals surface area (Å²) in [7, 11) is 0. The molecule has 10 nitrogen and oxygen atoms in total. The van der Waals surface area contributed by atoms with E-state index < -0.39 is 17.1 Å². The van der Waals surface area contributed by atoms with Crippen molar-refractivity contribution in [3.05, 3.63) is 69.4 Å². The summed E-state index contributed by atoms with van der Waals surface area (Å²) in [6.45, 7) is 7.12. The number of benzene rings is 1. The zero-order valence-electron chi connectivity index (χ0n) is 24.9. The number of pyridine rings is 1. The summed E-state index contributed by atoms with van der Waals surface area (Å²) < 4.78 is 22.1. The number of hydrogen-bond acceptors (Lipinski definition) is 8. The molecule has 1 aliphatic heterocycles. The Morgan fingerprint density at radius 3 is 2.20 bits per heavy atom. The molecule has 0 spiro atoms. The molecule has 228 valence electrons. The van der Waals surface area contributed by atoms with Crippen molar-refractivity contribution in [3.63, 3.8) is 0 Å². The zero-order valence-corrected chi connectivity index (χ0v) is 25.6. The minimum Gasteiger partial charge on any atom is -0.444 e. The summed E-state index contributed by atoms with van der Waals surface area (Å²) in [6.07, 6.45) is 5.12. The van der Waals surface area contributed by atoms with Crippen molar-refractivity contribution < 1.29 is 13.9 Å². The van der Waals surface area contributed by atoms with E-state index in [1.54, 1.807) is 35.5 Å². The van der Waals surface area contributed by atoms with Crippen LogP contribution in [0.15, 0.2) is 41.5 Å². The molecule has 0 atom stereocenters. The quantitative estimate of drug-likeness (QED) is 0.275. The number of carbonyl (C=O) groups is 1. The first-order valence-electron chi connectivity index (χ1n) is 15.1. The number of amides is 1. The van der Waals surface area contributed by atoms with Crippen LogP contribution in [-0.2, 0) is 4.74 Å². The highest BCUT2D eigenvalue weighted by Crippen LogP contribution is 2.47. The predicted molar refractivity (Wildman–Crippen MR) is 165 cm³/mol. The molecule has 12 heteroatoms. The molecule has 4 heterocycles. The predicted octanol–water partition coefficient (Wildman–Crippen LogP) is 5.84. The first kappa shape index (κ1) is 28.6. The molecule has 0 radical (unpaired) electrons. The van der Waals surface area contributed by atoms with E-state index in [2.05, 4.69) is 15.0 Å². The third-order valence-electron chi connectivity index (χ3n) is 8.19. The van der Waals surface area contributed by atoms with Crippen LogP contribution in [0.3, 0.4) is 0 Å². The fraction of sp³-hybridized carbons (Fsp3) is 0.438. The Morgan fingerprint density at radius 2 is 1.61 bits per heavy atom. The van der Waals surface area contributed by atoms with Crippen molar-refractivity contribution in [1.82, 2.24) is 29.4 Å². The molecule has 1 amide bonds. The number of hydrogen-bond donors (Lipinski definition) is 0. The smallest absolute Gasteiger partial charge is 0.410 e. The van der Waals surface area contributed by atoms with E-state index in [4.69, 9.17) is 21.3 Å². The van der Waals surface area contributed by atoms with Gasteiger partial charge in [0, 0.05) is 43.6 Å². The molecule has 4 aromatic rings. The van der Waals surface area contributed by atoms with Crippen LogP contribution in [0.5, 0.6) is 0 Å². The third kappa shape index (κ3) is 5.38. The molecule has 0 bridgehead atoms. The third-order valence-corrected chi connectivity index (χ3v) is 8.48. The van der Waals surface area contributed by atoms with E-state index in [1.807, 2.05) is 25.7 Å². The molecule has 3 aliphatic rings. The first-order valence-corrected chi connectivity index (χ1v) is 15.4. The first-order chi connectivity index (χ1) is 21.1. The molecule has 3 aromatic heterocycles. The maximum absolute atomic E-state index is 15.0. The largest absolute Gasteiger partial charge is 0.444 e. The number of anilines is 1. The Morgan fingerprint density at radius 1 is 0.977 bits per heavy atom. The topological polar surface area (TPSA) is 106 Å². The minimum absolute atomic E-state index is 0.228. The number of aromatic nitrogens is 5. The van der Waals surface area contributed by atoms with Gasteiger partial charge in [0.1, 0.15) is 23.6 Å². The highest BCUT2D eigenvalue weighted by molar-refractivity contribution is 6.33. The highest BCUT2D eigenvalue weighted by Gasteiger charge is 2.37. The van der Waals surface area contributed by atoms with Crippen LogP contribution in [0.1, 0.15) is 69.7 Å². The van der Waals surface area contributed by atoms with Crippen LogP contribution in [0.2, 0.25) is 5.02 Å². The standard InChI is InChI=1S/C32H33ClFN7O3/c1-32(2,3)44-31(43)40-14-12-39(13-15-40)28-21-16-22(33)26(20-6-4-5-7-23(20)34)37-29(21)41(30(42)38-28)27-24(18-8-9-18)35-17-36-25(27)19-10-11-19/h4-7,16-19H,8-15H2,1-3H3. The summed E-state index contributed by atoms with van der Waals surface area (Å²) in [6, 6.07) is 8.01. The van der Waals surface area contributed by atoms with Gasteiger partial charge < -0.3 is 14.5 Å². The van der Waals surface area contributed by atoms with Gasteiger partial charge in [-0.05, 0) is 64.7 Å². The van der Waals surface area contributed by atoms with E-state index in [-0.39, 0.29) is 34.2 Å². The monoisotopic (exact) mass is 617 g/mol. The molecular weight excluding hydrogens is 585 g/mol. The average Bonchev–Trinajstić information content (AvgIpc) is 3.90. The molecule has 44 heavy (non-hydrogen) atoms. The Bertz CT molecular complexity index is 1810. The number of nitrogens with zero attached hydrogens (tertiary/aromatic N) is 7. The van der Waals surface area contributed by atoms with Crippen molar-refractivity contribution in [2.75, 3.05) is 31.1 Å². The molecule has 0 N–H and O–H groups in total. The van der Waals surface area contributed by atoms with Crippen LogP contribution >= 0.6 is 11.6 Å². The lowest BCUT2D eigenvalue weighted by Gasteiger charge is -2.36. The molecule has 1 aromatic carbocycles. The van der Waals surface area contributed by atoms with Gasteiger partial charge in [0.15, 0.2) is 5.65 Å². The number of halogens is 2. The number of piperazine rings is 1. The van der Waals surface area contributed by atoms with Crippen LogP contribution in [0.4, 0.5) is 15.0 Å². The zero-order chi connectivity index (χ0) is 30.7. The number of ether oxygens (including phenoxy) is 1. The van der Waals surface area contributed by atoms with Crippen molar-refractivity contribution in [1.29, 1.82) is 0 Å². The molecule has 1 saturated heterocycles. The average molecular weight is 618 g/mol. The molecular formula is C32H33ClFN7O3. The summed E-state index contributed by atoms with van der Waals surface area (Å²) in [4.78, 5) is 49.3. The lowest BCUT2D eigenvalue weighted by Crippen LogP contribution is -2.50. The molecule has 7 rings (SSSR count). The SMILES string of the molecule is CC(C)(C)OC(=O)N1CCN(c2nc(=O)n(-c3c(C4CC4)ncnc3C3CC3)c3nc(-c4ccccc4F)c(Cl)cc23)CC1. The Hall–Kier alpha value is -4.12. The van der Waals surface area contributed by atoms with E-state index >= 15 is 4.39 Å². The van der Waals surface area contributed by atoms with Gasteiger partial charge >= 0.3 is 11.8 Å². The van der Waals surface area contributed by atoms with Crippen LogP contribution < -0.4 is 10.6 Å². The number of rotatable bonds is 5. The van der Waals surface area contributed by atoms with Gasteiger partial charge in [-0.1, -0.05) is 23.7 Å². The van der Waals surface area contributed by atoms with Gasteiger partial charge in [-0.25, -0.2) is 33.5 Å². The normalized spacial score (nSPS) is 17.3. The minimum atomic E-state index is -0.603. The number of fused-ring (bicyclic) bond motifs is 1. The Kier molecular flexibility index (Phi) is 7.03. The van der Waals surface area contributed by atoms with E-state index in [9.17, 15) is 9.59 Å². The van der Waals surface area contributed by atoms with E-state index in [0.717, 1.165) is 37.1 Å². The van der Waals surface area contributed by atoms with Gasteiger partial charge in [0.25, 0.3) is 0 Å². The van der Waals surface area contributed by atoms with Gasteiger partial charge in [0.2, 0.25) is 0 Å². The van der Waals surface area contributed by atoms with Crippen LogP contribution in [-0.4, -0.2) is 67.3 Å². The van der Waals surface area contributed by atoms with Crippen molar-refractivity contribution in [2.24, 2.45) is 0 Å². The summed E-state index contributed by atoms with van der Waals surface area (Å²) >= 11 is 6.81. The van der Waals surface area contributed by atoms with Crippen LogP contribution in [0, 0.1) is 5.82 Å². The second kappa shape index (κ2) is 10.8. The fourth-order valence-electron chi connectivity index (χ4n) is 5.76. The molecule has 0 unspecified atom stereocenters. The summed E-state index contributed by atoms with van der Waals surface area (Å²) in [5, 5.41) is 0.783. The van der Waals surface area contributed by atoms with Gasteiger partial charge in [0.05, 0.1) is 33.2 Å². The van der Waals surface area contributed by atoms with E-state index in [1.165, 1.54) is 10.6 Å². The maximum Gasteiger partial charge on any atom is 0.410 e. The van der Waals surface area contributed by atoms with Crippen molar-refractivity contribution in [3.8, 4) is 16.9 Å². The number of carbonyl (C=O) groups excluding carboxylic acids is 1. The summed E-state index contributed by atoms with van der Waals surface area (Å²) in [5.41, 5.74) is 1.92. The lowest BCUT2D eigenvalue weighted by atomic mass is 10.1. The van der Waals surface area contributed by atoms with Crippen molar-refractivity contribution >= 4 is 34.5 Å². The molecule has 3 fully saturated rings. The molecule has 2 aliphatic carbocycles. The maximum atomic E-state index is 15.0. The Balaban J connectivity index is 1.39. The highest BCUT2D eigenvalue weighted by atomic mass is 35.5. The fourth-order valence-corrected chi connectivity index (χ4v) is 6.02.